The Morgan fingerprint density at radius 2 is 2.10 bits per heavy atom. The van der Waals surface area contributed by atoms with Crippen LogP contribution in [0.4, 0.5) is 10.5 Å². The van der Waals surface area contributed by atoms with Crippen LogP contribution in [0.3, 0.4) is 0 Å². The van der Waals surface area contributed by atoms with Crippen molar-refractivity contribution in [2.45, 2.75) is 69.6 Å². The number of hydrogen-bond acceptors (Lipinski definition) is 5. The van der Waals surface area contributed by atoms with Crippen LogP contribution in [0.15, 0.2) is 20.0 Å². The summed E-state index contributed by atoms with van der Waals surface area (Å²) < 4.78 is 17.0. The van der Waals surface area contributed by atoms with Gasteiger partial charge in [0.1, 0.15) is 4.21 Å². The molecule has 1 aliphatic carbocycles. The predicted molar refractivity (Wildman–Crippen MR) is 117 cm³/mol. The molecule has 0 aliphatic heterocycles. The first-order valence-electron chi connectivity index (χ1n) is 9.59. The fraction of sp³-hybridized carbons (Fsp3) is 0.500. The molecular formula is C20H28N4O3S2. The topological polar surface area (TPSA) is 118 Å². The molecule has 9 heteroatoms. The second kappa shape index (κ2) is 7.79. The van der Waals surface area contributed by atoms with E-state index < -0.39 is 21.5 Å². The second-order valence-corrected chi connectivity index (χ2v) is 11.2. The number of nitrogens with two attached hydrogens (primary N) is 1. The minimum absolute atomic E-state index is 0.164. The number of aryl methyl sites for hydroxylation is 2. The van der Waals surface area contributed by atoms with Crippen LogP contribution in [-0.2, 0) is 28.4 Å². The number of pyridine rings is 1. The predicted octanol–water partition coefficient (Wildman–Crippen LogP) is 4.22. The highest BCUT2D eigenvalue weighted by atomic mass is 32.2. The van der Waals surface area contributed by atoms with E-state index >= 15 is 0 Å². The van der Waals surface area contributed by atoms with E-state index in [9.17, 15) is 14.1 Å². The normalized spacial score (nSPS) is 15.9. The Bertz CT molecular complexity index is 1070. The van der Waals surface area contributed by atoms with Crippen molar-refractivity contribution < 1.29 is 14.1 Å². The van der Waals surface area contributed by atoms with E-state index in [1.54, 1.807) is 19.2 Å². The van der Waals surface area contributed by atoms with Gasteiger partial charge in [0, 0.05) is 11.4 Å². The number of hydrogen-bond donors (Lipinski definition) is 3. The Balaban J connectivity index is 1.97. The number of carbonyl (C=O) groups is 1. The van der Waals surface area contributed by atoms with Gasteiger partial charge >= 0.3 is 6.03 Å². The smallest absolute Gasteiger partial charge is 0.354 e. The van der Waals surface area contributed by atoms with Crippen molar-refractivity contribution in [1.82, 2.24) is 4.98 Å². The molecule has 29 heavy (non-hydrogen) atoms. The first-order valence-corrected chi connectivity index (χ1v) is 12.1. The van der Waals surface area contributed by atoms with Crippen molar-refractivity contribution in [2.75, 3.05) is 5.32 Å². The summed E-state index contributed by atoms with van der Waals surface area (Å²) in [6.45, 7) is 9.29. The van der Waals surface area contributed by atoms with Gasteiger partial charge in [0.25, 0.3) is 0 Å². The lowest BCUT2D eigenvalue weighted by atomic mass is 9.96. The van der Waals surface area contributed by atoms with Gasteiger partial charge < -0.3 is 10.4 Å². The third kappa shape index (κ3) is 4.53. The van der Waals surface area contributed by atoms with Gasteiger partial charge in [-0.15, -0.1) is 15.7 Å². The largest absolute Gasteiger partial charge is 0.386 e. The van der Waals surface area contributed by atoms with Crippen LogP contribution in [0.1, 0.15) is 68.1 Å². The van der Waals surface area contributed by atoms with Gasteiger partial charge in [-0.2, -0.15) is 0 Å². The number of carbonyl (C=O) groups excluding carboxylic acids is 1. The number of rotatable bonds is 4. The van der Waals surface area contributed by atoms with Gasteiger partial charge in [-0.25, -0.2) is 14.1 Å². The van der Waals surface area contributed by atoms with Crippen LogP contribution in [0.25, 0.3) is 0 Å². The average molecular weight is 437 g/mol. The van der Waals surface area contributed by atoms with Crippen LogP contribution in [0.2, 0.25) is 0 Å². The number of amides is 2. The maximum Gasteiger partial charge on any atom is 0.354 e. The van der Waals surface area contributed by atoms with E-state index in [0.717, 1.165) is 58.8 Å². The minimum Gasteiger partial charge on any atom is -0.386 e. The van der Waals surface area contributed by atoms with Crippen molar-refractivity contribution in [3.05, 3.63) is 39.5 Å². The first kappa shape index (κ1) is 21.9. The quantitative estimate of drug-likeness (QED) is 0.665. The number of nitrogens with zero attached hydrogens (tertiary/aromatic N) is 2. The zero-order valence-corrected chi connectivity index (χ0v) is 19.0. The van der Waals surface area contributed by atoms with Crippen LogP contribution < -0.4 is 10.5 Å². The fourth-order valence-electron chi connectivity index (χ4n) is 3.66. The number of anilines is 1. The number of fused-ring (bicyclic) bond motifs is 1. The highest BCUT2D eigenvalue weighted by molar-refractivity contribution is 7.93. The summed E-state index contributed by atoms with van der Waals surface area (Å²) in [4.78, 5) is 17.4. The van der Waals surface area contributed by atoms with Crippen molar-refractivity contribution in [3.8, 4) is 0 Å². The average Bonchev–Trinajstić information content (AvgIpc) is 3.22. The summed E-state index contributed by atoms with van der Waals surface area (Å²) in [7, 11) is -3.42. The van der Waals surface area contributed by atoms with Gasteiger partial charge in [-0.3, -0.25) is 4.98 Å². The van der Waals surface area contributed by atoms with Crippen molar-refractivity contribution in [2.24, 2.45) is 9.50 Å². The molecular weight excluding hydrogens is 408 g/mol. The molecule has 0 fully saturated rings. The summed E-state index contributed by atoms with van der Waals surface area (Å²) >= 11 is 1.12. The van der Waals surface area contributed by atoms with Gasteiger partial charge in [-0.05, 0) is 74.1 Å². The molecule has 7 nitrogen and oxygen atoms in total. The summed E-state index contributed by atoms with van der Waals surface area (Å²) in [5.74, 6) is 0.164. The van der Waals surface area contributed by atoms with Gasteiger partial charge in [0.2, 0.25) is 0 Å². The Kier molecular flexibility index (Phi) is 5.88. The van der Waals surface area contributed by atoms with E-state index in [-0.39, 0.29) is 10.1 Å². The molecule has 2 heterocycles. The van der Waals surface area contributed by atoms with Gasteiger partial charge in [0.15, 0.2) is 9.92 Å². The molecule has 1 atom stereocenters. The second-order valence-electron chi connectivity index (χ2n) is 8.22. The first-order chi connectivity index (χ1) is 13.4. The zero-order chi connectivity index (χ0) is 21.6. The summed E-state index contributed by atoms with van der Waals surface area (Å²) in [5.41, 5.74) is 4.11. The Morgan fingerprint density at radius 3 is 2.69 bits per heavy atom. The molecule has 0 radical (unpaired) electrons. The molecule has 0 aromatic carbocycles. The van der Waals surface area contributed by atoms with Gasteiger partial charge in [0.05, 0.1) is 11.3 Å². The lowest BCUT2D eigenvalue weighted by Gasteiger charge is -2.19. The van der Waals surface area contributed by atoms with E-state index in [1.807, 2.05) is 20.8 Å². The van der Waals surface area contributed by atoms with Crippen molar-refractivity contribution in [3.63, 3.8) is 0 Å². The SMILES string of the molecule is Cc1nc2c(c(NC(=O)N=[S@@](N)(=O)c3cc(C(C)(C)O)cs3)c1C(C)C)CCC2. The molecule has 3 rings (SSSR count). The molecule has 1 aliphatic rings. The van der Waals surface area contributed by atoms with Crippen LogP contribution >= 0.6 is 11.3 Å². The monoisotopic (exact) mass is 436 g/mol. The molecule has 2 amide bonds. The maximum atomic E-state index is 12.9. The third-order valence-electron chi connectivity index (χ3n) is 5.05. The van der Waals surface area contributed by atoms with Crippen molar-refractivity contribution >= 4 is 33.0 Å². The third-order valence-corrected chi connectivity index (χ3v) is 7.91. The van der Waals surface area contributed by atoms with E-state index in [4.69, 9.17) is 10.1 Å². The summed E-state index contributed by atoms with van der Waals surface area (Å²) in [5, 5.41) is 20.5. The highest BCUT2D eigenvalue weighted by Gasteiger charge is 2.25. The number of aliphatic hydroxyl groups is 1. The Morgan fingerprint density at radius 1 is 1.41 bits per heavy atom. The van der Waals surface area contributed by atoms with E-state index in [1.165, 1.54) is 6.07 Å². The number of nitrogens with one attached hydrogen (secondary N) is 1. The maximum absolute atomic E-state index is 12.9. The molecule has 0 saturated heterocycles. The van der Waals surface area contributed by atoms with Crippen LogP contribution in [-0.4, -0.2) is 20.3 Å². The van der Waals surface area contributed by atoms with Crippen LogP contribution in [0.5, 0.6) is 0 Å². The highest BCUT2D eigenvalue weighted by Crippen LogP contribution is 2.36. The lowest BCUT2D eigenvalue weighted by Crippen LogP contribution is -2.19. The molecule has 0 unspecified atom stereocenters. The molecule has 4 N–H and O–H groups in total. The summed E-state index contributed by atoms with van der Waals surface area (Å²) in [6, 6.07) is 0.801. The van der Waals surface area contributed by atoms with E-state index in [0.29, 0.717) is 5.56 Å². The molecule has 158 valence electrons. The standard InChI is InChI=1S/C20H28N4O3S2/c1-11(2)17-12(3)22-15-8-6-7-14(15)18(17)23-19(25)24-29(21,27)16-9-13(10-28-16)20(4,5)26/h9-11,26H,6-8H2,1-5H3,(H3,21,22,23,24,25,27)/t29-/m1/s1. The molecule has 2 aromatic rings. The number of thiophene rings is 1. The summed E-state index contributed by atoms with van der Waals surface area (Å²) in [6.07, 6.45) is 2.72. The van der Waals surface area contributed by atoms with E-state index in [2.05, 4.69) is 9.68 Å². The van der Waals surface area contributed by atoms with Crippen LogP contribution in [0, 0.1) is 6.92 Å². The molecule has 2 aromatic heterocycles. The van der Waals surface area contributed by atoms with Crippen molar-refractivity contribution in [1.29, 1.82) is 0 Å². The zero-order valence-electron chi connectivity index (χ0n) is 17.4. The molecule has 0 saturated carbocycles. The Labute approximate surface area is 176 Å². The lowest BCUT2D eigenvalue weighted by molar-refractivity contribution is 0.0789. The molecule has 0 bridgehead atoms. The van der Waals surface area contributed by atoms with Gasteiger partial charge in [-0.1, -0.05) is 13.8 Å². The number of aromatic nitrogens is 1. The Hall–Kier alpha value is -1.81. The number of urea groups is 1. The molecule has 0 spiro atoms. The minimum atomic E-state index is -3.42. The fourth-order valence-corrected chi connectivity index (χ4v) is 5.94.